The van der Waals surface area contributed by atoms with Crippen LogP contribution >= 0.6 is 12.6 Å². The van der Waals surface area contributed by atoms with Gasteiger partial charge in [0.1, 0.15) is 0 Å². The van der Waals surface area contributed by atoms with Gasteiger partial charge in [0.05, 0.1) is 0 Å². The van der Waals surface area contributed by atoms with E-state index in [1.165, 1.54) is 0 Å². The summed E-state index contributed by atoms with van der Waals surface area (Å²) >= 11 is 4.19. The van der Waals surface area contributed by atoms with Crippen molar-refractivity contribution in [1.29, 1.82) is 0 Å². The first-order valence-corrected chi connectivity index (χ1v) is 5.30. The molecule has 1 aliphatic rings. The fraction of sp³-hybridized carbons (Fsp3) is 0.364. The number of likely N-dealkylation sites (tertiary alicyclic amines) is 1. The molecule has 3 heteroatoms. The molecule has 0 aromatic heterocycles. The van der Waals surface area contributed by atoms with Crippen molar-refractivity contribution in [1.82, 2.24) is 4.90 Å². The molecular weight excluding hydrogens is 194 g/mol. The Hall–Kier alpha value is -0.960. The number of thiol groups is 1. The minimum Gasteiger partial charge on any atom is -0.339 e. The Morgan fingerprint density at radius 2 is 1.71 bits per heavy atom. The Bertz CT molecular complexity index is 328. The summed E-state index contributed by atoms with van der Waals surface area (Å²) in [5.41, 5.74) is 0.768. The lowest BCUT2D eigenvalue weighted by molar-refractivity contribution is 0.0793. The number of carbonyl (C=O) groups is 1. The van der Waals surface area contributed by atoms with E-state index in [0.717, 1.165) is 36.4 Å². The largest absolute Gasteiger partial charge is 0.339 e. The Morgan fingerprint density at radius 1 is 1.14 bits per heavy atom. The number of benzene rings is 1. The molecule has 1 fully saturated rings. The van der Waals surface area contributed by atoms with Crippen LogP contribution in [0.3, 0.4) is 0 Å². The van der Waals surface area contributed by atoms with Crippen LogP contribution in [-0.2, 0) is 0 Å². The molecule has 1 heterocycles. The lowest BCUT2D eigenvalue weighted by atomic mass is 10.2. The van der Waals surface area contributed by atoms with Gasteiger partial charge in [-0.15, -0.1) is 12.6 Å². The molecule has 1 aromatic carbocycles. The van der Waals surface area contributed by atoms with E-state index in [4.69, 9.17) is 0 Å². The number of carbonyl (C=O) groups excluding carboxylic acids is 1. The molecule has 0 N–H and O–H groups in total. The van der Waals surface area contributed by atoms with Crippen molar-refractivity contribution in [2.45, 2.75) is 17.7 Å². The second kappa shape index (κ2) is 4.05. The van der Waals surface area contributed by atoms with Crippen molar-refractivity contribution in [2.75, 3.05) is 13.1 Å². The van der Waals surface area contributed by atoms with Gasteiger partial charge in [-0.2, -0.15) is 0 Å². The SMILES string of the molecule is O=C(c1ccc(S)cc1)N1CCCC1. The van der Waals surface area contributed by atoms with Crippen LogP contribution in [0.4, 0.5) is 0 Å². The zero-order valence-electron chi connectivity index (χ0n) is 7.94. The van der Waals surface area contributed by atoms with Gasteiger partial charge in [0.15, 0.2) is 0 Å². The monoisotopic (exact) mass is 207 g/mol. The summed E-state index contributed by atoms with van der Waals surface area (Å²) in [6.45, 7) is 1.81. The van der Waals surface area contributed by atoms with E-state index in [1.54, 1.807) is 0 Å². The van der Waals surface area contributed by atoms with E-state index in [9.17, 15) is 4.79 Å². The van der Waals surface area contributed by atoms with Gasteiger partial charge in [0.25, 0.3) is 5.91 Å². The van der Waals surface area contributed by atoms with Crippen molar-refractivity contribution < 1.29 is 4.79 Å². The van der Waals surface area contributed by atoms with E-state index >= 15 is 0 Å². The van der Waals surface area contributed by atoms with E-state index in [2.05, 4.69) is 12.6 Å². The van der Waals surface area contributed by atoms with E-state index in [0.29, 0.717) is 0 Å². The third-order valence-electron chi connectivity index (χ3n) is 2.51. The van der Waals surface area contributed by atoms with E-state index in [-0.39, 0.29) is 5.91 Å². The average molecular weight is 207 g/mol. The molecule has 1 aliphatic heterocycles. The second-order valence-electron chi connectivity index (χ2n) is 3.55. The van der Waals surface area contributed by atoms with Crippen LogP contribution in [0.1, 0.15) is 23.2 Å². The van der Waals surface area contributed by atoms with Gasteiger partial charge in [0, 0.05) is 23.5 Å². The van der Waals surface area contributed by atoms with Gasteiger partial charge in [-0.1, -0.05) is 0 Å². The lowest BCUT2D eigenvalue weighted by Gasteiger charge is -2.14. The van der Waals surface area contributed by atoms with E-state index < -0.39 is 0 Å². The summed E-state index contributed by atoms with van der Waals surface area (Å²) in [7, 11) is 0. The van der Waals surface area contributed by atoms with Crippen LogP contribution in [0.2, 0.25) is 0 Å². The first-order chi connectivity index (χ1) is 6.77. The highest BCUT2D eigenvalue weighted by atomic mass is 32.1. The lowest BCUT2D eigenvalue weighted by Crippen LogP contribution is -2.27. The molecule has 1 aromatic rings. The van der Waals surface area contributed by atoms with Crippen LogP contribution in [0.5, 0.6) is 0 Å². The van der Waals surface area contributed by atoms with Crippen molar-refractivity contribution in [3.05, 3.63) is 29.8 Å². The van der Waals surface area contributed by atoms with Gasteiger partial charge in [-0.25, -0.2) is 0 Å². The third kappa shape index (κ3) is 1.93. The van der Waals surface area contributed by atoms with Gasteiger partial charge >= 0.3 is 0 Å². The molecule has 74 valence electrons. The standard InChI is InChI=1S/C11H13NOS/c13-11(12-7-1-2-8-12)9-3-5-10(14)6-4-9/h3-6,14H,1-2,7-8H2. The fourth-order valence-corrected chi connectivity index (χ4v) is 1.86. The summed E-state index contributed by atoms with van der Waals surface area (Å²) in [6.07, 6.45) is 2.27. The summed E-state index contributed by atoms with van der Waals surface area (Å²) in [5, 5.41) is 0. The maximum atomic E-state index is 11.9. The Morgan fingerprint density at radius 3 is 2.29 bits per heavy atom. The molecule has 0 radical (unpaired) electrons. The Kier molecular flexibility index (Phi) is 2.77. The number of amides is 1. The Balaban J connectivity index is 2.14. The number of hydrogen-bond acceptors (Lipinski definition) is 2. The minimum absolute atomic E-state index is 0.149. The first-order valence-electron chi connectivity index (χ1n) is 4.86. The molecule has 0 aliphatic carbocycles. The van der Waals surface area contributed by atoms with Crippen molar-refractivity contribution in [2.24, 2.45) is 0 Å². The zero-order chi connectivity index (χ0) is 9.97. The predicted molar refractivity (Wildman–Crippen MR) is 58.8 cm³/mol. The summed E-state index contributed by atoms with van der Waals surface area (Å²) in [5.74, 6) is 0.149. The van der Waals surface area contributed by atoms with Crippen LogP contribution in [0.25, 0.3) is 0 Å². The van der Waals surface area contributed by atoms with Crippen molar-refractivity contribution in [3.8, 4) is 0 Å². The van der Waals surface area contributed by atoms with Crippen LogP contribution in [0.15, 0.2) is 29.2 Å². The highest BCUT2D eigenvalue weighted by Gasteiger charge is 2.18. The zero-order valence-corrected chi connectivity index (χ0v) is 8.83. The summed E-state index contributed by atoms with van der Waals surface area (Å²) in [6, 6.07) is 7.38. The average Bonchev–Trinajstić information content (AvgIpc) is 2.71. The Labute approximate surface area is 89.3 Å². The topological polar surface area (TPSA) is 20.3 Å². The molecule has 0 atom stereocenters. The van der Waals surface area contributed by atoms with Crippen LogP contribution in [-0.4, -0.2) is 23.9 Å². The number of rotatable bonds is 1. The fourth-order valence-electron chi connectivity index (χ4n) is 1.71. The normalized spacial score (nSPS) is 15.9. The van der Waals surface area contributed by atoms with Crippen LogP contribution in [0, 0.1) is 0 Å². The number of nitrogens with zero attached hydrogens (tertiary/aromatic N) is 1. The molecular formula is C11H13NOS. The summed E-state index contributed by atoms with van der Waals surface area (Å²) in [4.78, 5) is 14.7. The molecule has 1 saturated heterocycles. The second-order valence-corrected chi connectivity index (χ2v) is 4.06. The van der Waals surface area contributed by atoms with Crippen molar-refractivity contribution >= 4 is 18.5 Å². The molecule has 0 bridgehead atoms. The van der Waals surface area contributed by atoms with Gasteiger partial charge in [0.2, 0.25) is 0 Å². The van der Waals surface area contributed by atoms with Gasteiger partial charge < -0.3 is 4.90 Å². The third-order valence-corrected chi connectivity index (χ3v) is 2.81. The minimum atomic E-state index is 0.149. The molecule has 0 saturated carbocycles. The summed E-state index contributed by atoms with van der Waals surface area (Å²) < 4.78 is 0. The maximum absolute atomic E-state index is 11.9. The molecule has 14 heavy (non-hydrogen) atoms. The van der Waals surface area contributed by atoms with E-state index in [1.807, 2.05) is 29.2 Å². The molecule has 0 spiro atoms. The maximum Gasteiger partial charge on any atom is 0.253 e. The molecule has 2 rings (SSSR count). The highest BCUT2D eigenvalue weighted by molar-refractivity contribution is 7.80. The molecule has 2 nitrogen and oxygen atoms in total. The predicted octanol–water partition coefficient (Wildman–Crippen LogP) is 2.21. The molecule has 1 amide bonds. The molecule has 0 unspecified atom stereocenters. The smallest absolute Gasteiger partial charge is 0.253 e. The van der Waals surface area contributed by atoms with Crippen molar-refractivity contribution in [3.63, 3.8) is 0 Å². The first kappa shape index (κ1) is 9.59. The van der Waals surface area contributed by atoms with Gasteiger partial charge in [-0.3, -0.25) is 4.79 Å². The van der Waals surface area contributed by atoms with Gasteiger partial charge in [-0.05, 0) is 37.1 Å². The quantitative estimate of drug-likeness (QED) is 0.700. The van der Waals surface area contributed by atoms with Crippen LogP contribution < -0.4 is 0 Å². The highest BCUT2D eigenvalue weighted by Crippen LogP contribution is 2.14. The number of hydrogen-bond donors (Lipinski definition) is 1.